The molecule has 3 rings (SSSR count). The van der Waals surface area contributed by atoms with Crippen molar-refractivity contribution in [2.45, 2.75) is 52.1 Å². The second-order valence-electron chi connectivity index (χ2n) is 6.54. The van der Waals surface area contributed by atoms with Crippen LogP contribution in [0.15, 0.2) is 24.3 Å². The van der Waals surface area contributed by atoms with Crippen molar-refractivity contribution in [1.29, 1.82) is 0 Å². The average Bonchev–Trinajstić information content (AvgIpc) is 2.91. The number of aromatic nitrogens is 3. The normalized spacial score (nSPS) is 19.8. The van der Waals surface area contributed by atoms with E-state index >= 15 is 0 Å². The highest BCUT2D eigenvalue weighted by Crippen LogP contribution is 2.33. The van der Waals surface area contributed by atoms with Gasteiger partial charge in [-0.15, -0.1) is 0 Å². The van der Waals surface area contributed by atoms with Crippen molar-refractivity contribution >= 4 is 18.1 Å². The van der Waals surface area contributed by atoms with Crippen LogP contribution in [0.4, 0.5) is 0 Å². The molecule has 0 saturated carbocycles. The highest BCUT2D eigenvalue weighted by molar-refractivity contribution is 7.71. The number of amides is 1. The van der Waals surface area contributed by atoms with E-state index in [0.29, 0.717) is 10.7 Å². The SMILES string of the molecule is CCCc1n[nH]c(=S)n1CC(=O)N[C@H]1c2ccccc2CC[C@H]1C. The third-order valence-corrected chi connectivity index (χ3v) is 5.07. The molecule has 1 aromatic carbocycles. The Labute approximate surface area is 147 Å². The van der Waals surface area contributed by atoms with E-state index in [-0.39, 0.29) is 18.5 Å². The highest BCUT2D eigenvalue weighted by Gasteiger charge is 2.27. The third kappa shape index (κ3) is 3.43. The molecule has 1 aliphatic carbocycles. The molecule has 1 amide bonds. The smallest absolute Gasteiger partial charge is 0.240 e. The molecule has 0 unspecified atom stereocenters. The number of aromatic amines is 1. The molecule has 24 heavy (non-hydrogen) atoms. The van der Waals surface area contributed by atoms with Crippen molar-refractivity contribution < 1.29 is 4.79 Å². The lowest BCUT2D eigenvalue weighted by atomic mass is 9.80. The molecule has 0 fully saturated rings. The summed E-state index contributed by atoms with van der Waals surface area (Å²) < 4.78 is 2.30. The summed E-state index contributed by atoms with van der Waals surface area (Å²) in [6, 6.07) is 8.46. The van der Waals surface area contributed by atoms with Gasteiger partial charge in [0.2, 0.25) is 5.91 Å². The topological polar surface area (TPSA) is 62.7 Å². The Morgan fingerprint density at radius 2 is 2.25 bits per heavy atom. The molecule has 2 N–H and O–H groups in total. The molecule has 1 heterocycles. The third-order valence-electron chi connectivity index (χ3n) is 4.76. The van der Waals surface area contributed by atoms with E-state index in [0.717, 1.165) is 31.5 Å². The number of benzene rings is 1. The number of hydrogen-bond acceptors (Lipinski definition) is 3. The fraction of sp³-hybridized carbons (Fsp3) is 0.500. The summed E-state index contributed by atoms with van der Waals surface area (Å²) in [4.78, 5) is 12.6. The number of H-pyrrole nitrogens is 1. The van der Waals surface area contributed by atoms with Gasteiger partial charge in [0.15, 0.2) is 4.77 Å². The summed E-state index contributed by atoms with van der Waals surface area (Å²) in [5, 5.41) is 10.2. The molecule has 0 saturated heterocycles. The largest absolute Gasteiger partial charge is 0.347 e. The molecule has 1 aliphatic rings. The predicted octanol–water partition coefficient (Wildman–Crippen LogP) is 3.33. The van der Waals surface area contributed by atoms with Crippen molar-refractivity contribution in [3.05, 3.63) is 46.0 Å². The Morgan fingerprint density at radius 1 is 1.46 bits per heavy atom. The van der Waals surface area contributed by atoms with Crippen LogP contribution < -0.4 is 5.32 Å². The molecule has 0 bridgehead atoms. The van der Waals surface area contributed by atoms with Gasteiger partial charge in [-0.2, -0.15) is 5.10 Å². The molecule has 2 aromatic rings. The molecule has 0 spiro atoms. The van der Waals surface area contributed by atoms with E-state index in [4.69, 9.17) is 12.2 Å². The van der Waals surface area contributed by atoms with Gasteiger partial charge < -0.3 is 5.32 Å². The Kier molecular flexibility index (Phi) is 5.14. The van der Waals surface area contributed by atoms with Crippen molar-refractivity contribution in [3.63, 3.8) is 0 Å². The summed E-state index contributed by atoms with van der Waals surface area (Å²) in [6.45, 7) is 4.51. The van der Waals surface area contributed by atoms with E-state index in [1.807, 2.05) is 6.07 Å². The first-order valence-corrected chi connectivity index (χ1v) is 9.02. The molecule has 6 heteroatoms. The molecule has 128 valence electrons. The maximum Gasteiger partial charge on any atom is 0.240 e. The van der Waals surface area contributed by atoms with Gasteiger partial charge >= 0.3 is 0 Å². The number of nitrogens with zero attached hydrogens (tertiary/aromatic N) is 2. The van der Waals surface area contributed by atoms with Crippen LogP contribution in [0.5, 0.6) is 0 Å². The summed E-state index contributed by atoms with van der Waals surface area (Å²) in [7, 11) is 0. The zero-order valence-corrected chi connectivity index (χ0v) is 15.0. The number of carbonyl (C=O) groups excluding carboxylic acids is 1. The molecule has 2 atom stereocenters. The van der Waals surface area contributed by atoms with Gasteiger partial charge in [-0.25, -0.2) is 0 Å². The minimum Gasteiger partial charge on any atom is -0.347 e. The van der Waals surface area contributed by atoms with Gasteiger partial charge in [-0.1, -0.05) is 38.1 Å². The summed E-state index contributed by atoms with van der Waals surface area (Å²) in [5.41, 5.74) is 2.58. The lowest BCUT2D eigenvalue weighted by molar-refractivity contribution is -0.122. The zero-order chi connectivity index (χ0) is 17.1. The first kappa shape index (κ1) is 16.9. The summed E-state index contributed by atoms with van der Waals surface area (Å²) >= 11 is 5.26. The van der Waals surface area contributed by atoms with Gasteiger partial charge in [0, 0.05) is 6.42 Å². The van der Waals surface area contributed by atoms with Crippen LogP contribution in [0.1, 0.15) is 49.7 Å². The Balaban J connectivity index is 1.76. The van der Waals surface area contributed by atoms with Crippen LogP contribution in [-0.4, -0.2) is 20.7 Å². The van der Waals surface area contributed by atoms with Crippen LogP contribution in [-0.2, 0) is 24.2 Å². The minimum absolute atomic E-state index is 0.0154. The highest BCUT2D eigenvalue weighted by atomic mass is 32.1. The maximum atomic E-state index is 12.6. The second kappa shape index (κ2) is 7.30. The predicted molar refractivity (Wildman–Crippen MR) is 96.2 cm³/mol. The van der Waals surface area contributed by atoms with Crippen LogP contribution in [0, 0.1) is 10.7 Å². The van der Waals surface area contributed by atoms with Crippen LogP contribution >= 0.6 is 12.2 Å². The summed E-state index contributed by atoms with van der Waals surface area (Å²) in [5.74, 6) is 1.25. The number of aryl methyl sites for hydroxylation is 2. The van der Waals surface area contributed by atoms with E-state index in [2.05, 4.69) is 47.6 Å². The fourth-order valence-corrected chi connectivity index (χ4v) is 3.65. The zero-order valence-electron chi connectivity index (χ0n) is 14.2. The molecule has 0 radical (unpaired) electrons. The van der Waals surface area contributed by atoms with Gasteiger partial charge in [0.05, 0.1) is 6.04 Å². The molecular weight excluding hydrogens is 320 g/mol. The quantitative estimate of drug-likeness (QED) is 0.818. The number of hydrogen-bond donors (Lipinski definition) is 2. The Bertz CT molecular complexity index is 779. The fourth-order valence-electron chi connectivity index (χ4n) is 3.43. The second-order valence-corrected chi connectivity index (χ2v) is 6.93. The van der Waals surface area contributed by atoms with Crippen molar-refractivity contribution in [2.75, 3.05) is 0 Å². The number of fused-ring (bicyclic) bond motifs is 1. The van der Waals surface area contributed by atoms with Crippen LogP contribution in [0.3, 0.4) is 0 Å². The molecule has 0 aliphatic heterocycles. The van der Waals surface area contributed by atoms with E-state index in [9.17, 15) is 4.79 Å². The lowest BCUT2D eigenvalue weighted by Crippen LogP contribution is -2.37. The Hall–Kier alpha value is -1.95. The van der Waals surface area contributed by atoms with Gasteiger partial charge in [0.25, 0.3) is 0 Å². The van der Waals surface area contributed by atoms with Crippen molar-refractivity contribution in [1.82, 2.24) is 20.1 Å². The van der Waals surface area contributed by atoms with Gasteiger partial charge in [0.1, 0.15) is 12.4 Å². The lowest BCUT2D eigenvalue weighted by Gasteiger charge is -2.32. The van der Waals surface area contributed by atoms with E-state index in [1.54, 1.807) is 4.57 Å². The van der Waals surface area contributed by atoms with Gasteiger partial charge in [-0.05, 0) is 48.5 Å². The van der Waals surface area contributed by atoms with Crippen molar-refractivity contribution in [3.8, 4) is 0 Å². The van der Waals surface area contributed by atoms with Crippen LogP contribution in [0.2, 0.25) is 0 Å². The number of carbonyl (C=O) groups is 1. The first-order valence-electron chi connectivity index (χ1n) is 8.61. The number of rotatable bonds is 5. The average molecular weight is 344 g/mol. The van der Waals surface area contributed by atoms with E-state index < -0.39 is 0 Å². The molecular formula is C18H24N4OS. The summed E-state index contributed by atoms with van der Waals surface area (Å²) in [6.07, 6.45) is 3.95. The maximum absolute atomic E-state index is 12.6. The molecule has 5 nitrogen and oxygen atoms in total. The van der Waals surface area contributed by atoms with Gasteiger partial charge in [-0.3, -0.25) is 14.5 Å². The van der Waals surface area contributed by atoms with Crippen LogP contribution in [0.25, 0.3) is 0 Å². The van der Waals surface area contributed by atoms with E-state index in [1.165, 1.54) is 11.1 Å². The Morgan fingerprint density at radius 3 is 3.04 bits per heavy atom. The molecule has 1 aromatic heterocycles. The number of nitrogens with one attached hydrogen (secondary N) is 2. The minimum atomic E-state index is -0.0154. The first-order chi connectivity index (χ1) is 11.6. The monoisotopic (exact) mass is 344 g/mol. The standard InChI is InChI=1S/C18H24N4OS/c1-3-6-15-20-21-18(24)22(15)11-16(23)19-17-12(2)9-10-13-7-4-5-8-14(13)17/h4-5,7-8,12,17H,3,6,9-11H2,1-2H3,(H,19,23)(H,21,24)/t12-,17-/m1/s1. The van der Waals surface area contributed by atoms with Crippen molar-refractivity contribution in [2.24, 2.45) is 5.92 Å².